The Morgan fingerprint density at radius 2 is 2.15 bits per heavy atom. The fourth-order valence-electron chi connectivity index (χ4n) is 2.16. The highest BCUT2D eigenvalue weighted by atomic mass is 35.5. The first kappa shape index (κ1) is 14.9. The van der Waals surface area contributed by atoms with Crippen LogP contribution in [-0.4, -0.2) is 24.9 Å². The minimum Gasteiger partial charge on any atom is -0.386 e. The molecule has 0 aromatic carbocycles. The van der Waals surface area contributed by atoms with Crippen LogP contribution in [0.1, 0.15) is 42.9 Å². The molecule has 0 bridgehead atoms. The molecule has 5 nitrogen and oxygen atoms in total. The topological polar surface area (TPSA) is 63.8 Å². The van der Waals surface area contributed by atoms with E-state index in [9.17, 15) is 5.11 Å². The number of hydrogen-bond acceptors (Lipinski definition) is 4. The minimum absolute atomic E-state index is 0.399. The number of aromatic nitrogens is 4. The van der Waals surface area contributed by atoms with E-state index in [1.54, 1.807) is 19.2 Å². The van der Waals surface area contributed by atoms with E-state index in [-0.39, 0.29) is 0 Å². The predicted molar refractivity (Wildman–Crippen MR) is 77.7 cm³/mol. The third kappa shape index (κ3) is 2.99. The van der Waals surface area contributed by atoms with Crippen molar-refractivity contribution in [3.05, 3.63) is 40.2 Å². The van der Waals surface area contributed by atoms with Gasteiger partial charge in [-0.2, -0.15) is 5.10 Å². The van der Waals surface area contributed by atoms with E-state index in [0.29, 0.717) is 23.0 Å². The summed E-state index contributed by atoms with van der Waals surface area (Å²) in [7, 11) is 0. The van der Waals surface area contributed by atoms with Crippen LogP contribution in [0.4, 0.5) is 0 Å². The lowest BCUT2D eigenvalue weighted by Gasteiger charge is -2.12. The highest BCUT2D eigenvalue weighted by molar-refractivity contribution is 6.31. The Morgan fingerprint density at radius 3 is 2.75 bits per heavy atom. The molecule has 2 aromatic heterocycles. The summed E-state index contributed by atoms with van der Waals surface area (Å²) in [6, 6.07) is 1.72. The highest BCUT2D eigenvalue weighted by Gasteiger charge is 2.19. The van der Waals surface area contributed by atoms with Crippen molar-refractivity contribution < 1.29 is 5.11 Å². The molecule has 20 heavy (non-hydrogen) atoms. The van der Waals surface area contributed by atoms with Gasteiger partial charge in [0.15, 0.2) is 0 Å². The van der Waals surface area contributed by atoms with Crippen molar-refractivity contribution in [1.82, 2.24) is 19.7 Å². The Hall–Kier alpha value is -1.46. The van der Waals surface area contributed by atoms with Crippen LogP contribution < -0.4 is 0 Å². The molecular weight excluding hydrogens is 276 g/mol. The molecule has 1 unspecified atom stereocenters. The fraction of sp³-hybridized carbons (Fsp3) is 0.500. The molecule has 0 amide bonds. The second-order valence-corrected chi connectivity index (χ2v) is 5.00. The summed E-state index contributed by atoms with van der Waals surface area (Å²) >= 11 is 6.34. The predicted octanol–water partition coefficient (Wildman–Crippen LogP) is 2.49. The zero-order valence-electron chi connectivity index (χ0n) is 12.0. The van der Waals surface area contributed by atoms with Crippen LogP contribution in [0.3, 0.4) is 0 Å². The molecule has 0 radical (unpaired) electrons. The Balaban J connectivity index is 2.27. The second kappa shape index (κ2) is 6.33. The maximum atomic E-state index is 10.3. The minimum atomic E-state index is -0.707. The van der Waals surface area contributed by atoms with Crippen molar-refractivity contribution in [3.8, 4) is 0 Å². The van der Waals surface area contributed by atoms with Crippen molar-refractivity contribution in [3.63, 3.8) is 0 Å². The van der Waals surface area contributed by atoms with Crippen LogP contribution >= 0.6 is 11.6 Å². The van der Waals surface area contributed by atoms with E-state index < -0.39 is 6.10 Å². The fourth-order valence-corrected chi connectivity index (χ4v) is 2.51. The summed E-state index contributed by atoms with van der Waals surface area (Å²) in [5.41, 5.74) is 2.33. The van der Waals surface area contributed by atoms with Gasteiger partial charge in [0.2, 0.25) is 0 Å². The lowest BCUT2D eigenvalue weighted by Crippen LogP contribution is -2.10. The van der Waals surface area contributed by atoms with Crippen molar-refractivity contribution in [2.75, 3.05) is 0 Å². The van der Waals surface area contributed by atoms with Crippen LogP contribution in [0.2, 0.25) is 5.02 Å². The molecule has 1 atom stereocenters. The first-order chi connectivity index (χ1) is 9.56. The molecule has 0 aliphatic carbocycles. The van der Waals surface area contributed by atoms with Crippen LogP contribution in [0, 0.1) is 6.92 Å². The van der Waals surface area contributed by atoms with Gasteiger partial charge in [-0.3, -0.25) is 4.68 Å². The SMILES string of the molecule is CCc1nn(CC)c(CC(O)c2ccnc(C)n2)c1Cl. The van der Waals surface area contributed by atoms with E-state index in [0.717, 1.165) is 24.4 Å². The van der Waals surface area contributed by atoms with Gasteiger partial charge < -0.3 is 5.11 Å². The summed E-state index contributed by atoms with van der Waals surface area (Å²) in [6.45, 7) is 6.55. The van der Waals surface area contributed by atoms with Crippen LogP contribution in [-0.2, 0) is 19.4 Å². The van der Waals surface area contributed by atoms with E-state index in [2.05, 4.69) is 15.1 Å². The lowest BCUT2D eigenvalue weighted by atomic mass is 10.1. The first-order valence-electron chi connectivity index (χ1n) is 6.78. The quantitative estimate of drug-likeness (QED) is 0.920. The average Bonchev–Trinajstić information content (AvgIpc) is 2.75. The van der Waals surface area contributed by atoms with E-state index in [4.69, 9.17) is 11.6 Å². The molecule has 0 fully saturated rings. The number of aliphatic hydroxyl groups excluding tert-OH is 1. The van der Waals surface area contributed by atoms with E-state index in [1.165, 1.54) is 0 Å². The number of hydrogen-bond donors (Lipinski definition) is 1. The molecule has 0 spiro atoms. The number of halogens is 1. The monoisotopic (exact) mass is 294 g/mol. The molecule has 2 aromatic rings. The molecule has 108 valence electrons. The molecule has 2 heterocycles. The number of nitrogens with zero attached hydrogens (tertiary/aromatic N) is 4. The average molecular weight is 295 g/mol. The van der Waals surface area contributed by atoms with E-state index >= 15 is 0 Å². The Morgan fingerprint density at radius 1 is 1.40 bits per heavy atom. The molecule has 6 heteroatoms. The van der Waals surface area contributed by atoms with Gasteiger partial charge in [-0.1, -0.05) is 18.5 Å². The third-order valence-electron chi connectivity index (χ3n) is 3.22. The lowest BCUT2D eigenvalue weighted by molar-refractivity contribution is 0.170. The van der Waals surface area contributed by atoms with Crippen LogP contribution in [0.15, 0.2) is 12.3 Å². The van der Waals surface area contributed by atoms with Gasteiger partial charge in [0, 0.05) is 19.2 Å². The summed E-state index contributed by atoms with van der Waals surface area (Å²) < 4.78 is 1.85. The van der Waals surface area contributed by atoms with Crippen molar-refractivity contribution in [1.29, 1.82) is 0 Å². The molecule has 0 aliphatic heterocycles. The smallest absolute Gasteiger partial charge is 0.125 e. The largest absolute Gasteiger partial charge is 0.386 e. The zero-order chi connectivity index (χ0) is 14.7. The standard InChI is InChI=1S/C14H19ClN4O/c1-4-10-14(15)12(19(5-2)18-10)8-13(20)11-6-7-16-9(3)17-11/h6-7,13,20H,4-5,8H2,1-3H3. The molecule has 0 aliphatic rings. The summed E-state index contributed by atoms with van der Waals surface area (Å²) in [4.78, 5) is 8.28. The van der Waals surface area contributed by atoms with Gasteiger partial charge in [-0.05, 0) is 26.3 Å². The van der Waals surface area contributed by atoms with Crippen LogP contribution in [0.5, 0.6) is 0 Å². The molecule has 0 saturated carbocycles. The molecule has 1 N–H and O–H groups in total. The number of rotatable bonds is 5. The maximum Gasteiger partial charge on any atom is 0.125 e. The first-order valence-corrected chi connectivity index (χ1v) is 7.16. The zero-order valence-corrected chi connectivity index (χ0v) is 12.7. The van der Waals surface area contributed by atoms with Gasteiger partial charge in [-0.25, -0.2) is 9.97 Å². The maximum absolute atomic E-state index is 10.3. The molecular formula is C14H19ClN4O. The van der Waals surface area contributed by atoms with Crippen LogP contribution in [0.25, 0.3) is 0 Å². The number of aryl methyl sites for hydroxylation is 3. The third-order valence-corrected chi connectivity index (χ3v) is 3.66. The second-order valence-electron chi connectivity index (χ2n) is 4.63. The normalized spacial score (nSPS) is 12.7. The Kier molecular flexibility index (Phi) is 4.73. The summed E-state index contributed by atoms with van der Waals surface area (Å²) in [5.74, 6) is 0.644. The van der Waals surface area contributed by atoms with Crippen molar-refractivity contribution >= 4 is 11.6 Å². The Bertz CT molecular complexity index is 597. The van der Waals surface area contributed by atoms with Gasteiger partial charge in [0.1, 0.15) is 11.9 Å². The van der Waals surface area contributed by atoms with Gasteiger partial charge in [-0.15, -0.1) is 0 Å². The van der Waals surface area contributed by atoms with Crippen molar-refractivity contribution in [2.24, 2.45) is 0 Å². The highest BCUT2D eigenvalue weighted by Crippen LogP contribution is 2.26. The van der Waals surface area contributed by atoms with Gasteiger partial charge in [0.25, 0.3) is 0 Å². The Labute approximate surface area is 123 Å². The van der Waals surface area contributed by atoms with E-state index in [1.807, 2.05) is 18.5 Å². The summed E-state index contributed by atoms with van der Waals surface area (Å²) in [5, 5.41) is 15.4. The van der Waals surface area contributed by atoms with Crippen molar-refractivity contribution in [2.45, 2.75) is 46.3 Å². The number of aliphatic hydroxyl groups is 1. The summed E-state index contributed by atoms with van der Waals surface area (Å²) in [6.07, 6.45) is 2.12. The van der Waals surface area contributed by atoms with Gasteiger partial charge >= 0.3 is 0 Å². The molecule has 0 saturated heterocycles. The van der Waals surface area contributed by atoms with Gasteiger partial charge in [0.05, 0.1) is 22.1 Å². The molecule has 2 rings (SSSR count).